The van der Waals surface area contributed by atoms with Gasteiger partial charge in [0.15, 0.2) is 0 Å². The van der Waals surface area contributed by atoms with Crippen molar-refractivity contribution in [2.75, 3.05) is 32.1 Å². The summed E-state index contributed by atoms with van der Waals surface area (Å²) in [6, 6.07) is 11.7. The third-order valence-corrected chi connectivity index (χ3v) is 4.29. The van der Waals surface area contributed by atoms with Crippen molar-refractivity contribution in [1.29, 1.82) is 0 Å². The number of hydrogen-bond donors (Lipinski definition) is 1. The van der Waals surface area contributed by atoms with Gasteiger partial charge in [0.1, 0.15) is 11.4 Å². The van der Waals surface area contributed by atoms with Crippen LogP contribution in [0.3, 0.4) is 0 Å². The summed E-state index contributed by atoms with van der Waals surface area (Å²) < 4.78 is 5.36. The van der Waals surface area contributed by atoms with Gasteiger partial charge in [-0.05, 0) is 43.0 Å². The average molecular weight is 325 g/mol. The van der Waals surface area contributed by atoms with Crippen LogP contribution in [-0.2, 0) is 6.42 Å². The number of benzene rings is 1. The second-order valence-corrected chi connectivity index (χ2v) is 5.92. The monoisotopic (exact) mass is 325 g/mol. The number of nitrogens with zero attached hydrogens (tertiary/aromatic N) is 2. The summed E-state index contributed by atoms with van der Waals surface area (Å²) in [5.41, 5.74) is 2.61. The first kappa shape index (κ1) is 16.3. The summed E-state index contributed by atoms with van der Waals surface area (Å²) in [4.78, 5) is 18.4. The van der Waals surface area contributed by atoms with E-state index in [0.29, 0.717) is 5.69 Å². The molecule has 0 saturated carbocycles. The molecule has 0 spiro atoms. The second-order valence-electron chi connectivity index (χ2n) is 5.92. The van der Waals surface area contributed by atoms with Gasteiger partial charge in [0.05, 0.1) is 19.0 Å². The summed E-state index contributed by atoms with van der Waals surface area (Å²) in [6.45, 7) is 2.47. The third-order valence-electron chi connectivity index (χ3n) is 4.29. The molecule has 24 heavy (non-hydrogen) atoms. The van der Waals surface area contributed by atoms with Crippen molar-refractivity contribution in [3.05, 3.63) is 53.9 Å². The Morgan fingerprint density at radius 1 is 1.21 bits per heavy atom. The van der Waals surface area contributed by atoms with E-state index >= 15 is 0 Å². The van der Waals surface area contributed by atoms with E-state index in [0.717, 1.165) is 50.3 Å². The maximum atomic E-state index is 12.3. The Kier molecular flexibility index (Phi) is 5.31. The maximum Gasteiger partial charge on any atom is 0.272 e. The Bertz CT molecular complexity index is 679. The SMILES string of the molecule is COc1ccccc1CCNc1ccc(C(=O)N2CCCC2)nc1. The summed E-state index contributed by atoms with van der Waals surface area (Å²) in [6.07, 6.45) is 4.77. The molecule has 0 aliphatic carbocycles. The highest BCUT2D eigenvalue weighted by Crippen LogP contribution is 2.18. The topological polar surface area (TPSA) is 54.5 Å². The largest absolute Gasteiger partial charge is 0.496 e. The van der Waals surface area contributed by atoms with Gasteiger partial charge in [0, 0.05) is 19.6 Å². The van der Waals surface area contributed by atoms with E-state index in [-0.39, 0.29) is 5.91 Å². The summed E-state index contributed by atoms with van der Waals surface area (Å²) in [7, 11) is 1.69. The van der Waals surface area contributed by atoms with Gasteiger partial charge in [-0.3, -0.25) is 4.79 Å². The third kappa shape index (κ3) is 3.85. The minimum Gasteiger partial charge on any atom is -0.496 e. The fraction of sp³-hybridized carbons (Fsp3) is 0.368. The van der Waals surface area contributed by atoms with Crippen LogP contribution in [-0.4, -0.2) is 42.5 Å². The Morgan fingerprint density at radius 3 is 2.71 bits per heavy atom. The first-order chi connectivity index (χ1) is 11.8. The van der Waals surface area contributed by atoms with Gasteiger partial charge in [0.25, 0.3) is 5.91 Å². The minimum absolute atomic E-state index is 0.0353. The van der Waals surface area contributed by atoms with Crippen molar-refractivity contribution in [2.24, 2.45) is 0 Å². The zero-order valence-corrected chi connectivity index (χ0v) is 14.0. The lowest BCUT2D eigenvalue weighted by molar-refractivity contribution is 0.0787. The van der Waals surface area contributed by atoms with E-state index in [1.54, 1.807) is 19.4 Å². The van der Waals surface area contributed by atoms with Crippen LogP contribution in [0.2, 0.25) is 0 Å². The van der Waals surface area contributed by atoms with Crippen LogP contribution in [0.4, 0.5) is 5.69 Å². The normalized spacial score (nSPS) is 13.8. The summed E-state index contributed by atoms with van der Waals surface area (Å²) >= 11 is 0. The van der Waals surface area contributed by atoms with Gasteiger partial charge < -0.3 is 15.0 Å². The predicted octanol–water partition coefficient (Wildman–Crippen LogP) is 2.98. The van der Waals surface area contributed by atoms with E-state index in [4.69, 9.17) is 4.74 Å². The number of rotatable bonds is 6. The molecule has 0 bridgehead atoms. The van der Waals surface area contributed by atoms with Crippen LogP contribution >= 0.6 is 0 Å². The quantitative estimate of drug-likeness (QED) is 0.887. The number of hydrogen-bond acceptors (Lipinski definition) is 4. The molecule has 1 amide bonds. The zero-order chi connectivity index (χ0) is 16.8. The number of aromatic nitrogens is 1. The molecule has 1 fully saturated rings. The van der Waals surface area contributed by atoms with Crippen LogP contribution in [0.25, 0.3) is 0 Å². The lowest BCUT2D eigenvalue weighted by Crippen LogP contribution is -2.28. The average Bonchev–Trinajstić information content (AvgIpc) is 3.17. The number of amides is 1. The molecule has 1 N–H and O–H groups in total. The molecule has 126 valence electrons. The van der Waals surface area contributed by atoms with E-state index < -0.39 is 0 Å². The molecule has 3 rings (SSSR count). The van der Waals surface area contributed by atoms with Crippen LogP contribution < -0.4 is 10.1 Å². The molecule has 1 saturated heterocycles. The molecule has 0 radical (unpaired) electrons. The molecule has 1 aliphatic rings. The highest BCUT2D eigenvalue weighted by Gasteiger charge is 2.20. The van der Waals surface area contributed by atoms with Crippen molar-refractivity contribution in [3.63, 3.8) is 0 Å². The number of nitrogens with one attached hydrogen (secondary N) is 1. The molecule has 1 aromatic carbocycles. The molecule has 0 unspecified atom stereocenters. The fourth-order valence-electron chi connectivity index (χ4n) is 2.96. The Hall–Kier alpha value is -2.56. The number of likely N-dealkylation sites (tertiary alicyclic amines) is 1. The van der Waals surface area contributed by atoms with E-state index in [1.807, 2.05) is 29.2 Å². The molecule has 5 heteroatoms. The van der Waals surface area contributed by atoms with Crippen LogP contribution in [0, 0.1) is 0 Å². The van der Waals surface area contributed by atoms with E-state index in [9.17, 15) is 4.79 Å². The predicted molar refractivity (Wildman–Crippen MR) is 94.6 cm³/mol. The smallest absolute Gasteiger partial charge is 0.272 e. The number of pyridine rings is 1. The standard InChI is InChI=1S/C19H23N3O2/c1-24-18-7-3-2-6-15(18)10-11-20-16-8-9-17(21-14-16)19(23)22-12-4-5-13-22/h2-3,6-9,14,20H,4-5,10-13H2,1H3. The van der Waals surface area contributed by atoms with Crippen molar-refractivity contribution >= 4 is 11.6 Å². The molecule has 2 heterocycles. The molecular weight excluding hydrogens is 302 g/mol. The van der Waals surface area contributed by atoms with Gasteiger partial charge in [-0.1, -0.05) is 18.2 Å². The number of para-hydroxylation sites is 1. The van der Waals surface area contributed by atoms with Crippen LogP contribution in [0.5, 0.6) is 5.75 Å². The van der Waals surface area contributed by atoms with Crippen molar-refractivity contribution in [1.82, 2.24) is 9.88 Å². The summed E-state index contributed by atoms with van der Waals surface area (Å²) in [5, 5.41) is 3.34. The number of ether oxygens (including phenoxy) is 1. The lowest BCUT2D eigenvalue weighted by Gasteiger charge is -2.14. The van der Waals surface area contributed by atoms with Crippen LogP contribution in [0.1, 0.15) is 28.9 Å². The maximum absolute atomic E-state index is 12.3. The highest BCUT2D eigenvalue weighted by molar-refractivity contribution is 5.92. The lowest BCUT2D eigenvalue weighted by atomic mass is 10.1. The second kappa shape index (κ2) is 7.81. The van der Waals surface area contributed by atoms with Gasteiger partial charge in [-0.2, -0.15) is 0 Å². The van der Waals surface area contributed by atoms with E-state index in [1.165, 1.54) is 5.56 Å². The molecule has 0 atom stereocenters. The first-order valence-corrected chi connectivity index (χ1v) is 8.39. The Balaban J connectivity index is 1.53. The van der Waals surface area contributed by atoms with Gasteiger partial charge in [-0.25, -0.2) is 4.98 Å². The molecule has 1 aliphatic heterocycles. The number of anilines is 1. The summed E-state index contributed by atoms with van der Waals surface area (Å²) in [5.74, 6) is 0.942. The Morgan fingerprint density at radius 2 is 2.00 bits per heavy atom. The van der Waals surface area contributed by atoms with Crippen molar-refractivity contribution < 1.29 is 9.53 Å². The highest BCUT2D eigenvalue weighted by atomic mass is 16.5. The van der Waals surface area contributed by atoms with E-state index in [2.05, 4.69) is 16.4 Å². The Labute approximate surface area is 142 Å². The van der Waals surface area contributed by atoms with Gasteiger partial charge in [-0.15, -0.1) is 0 Å². The van der Waals surface area contributed by atoms with Crippen molar-refractivity contribution in [2.45, 2.75) is 19.3 Å². The zero-order valence-electron chi connectivity index (χ0n) is 14.0. The van der Waals surface area contributed by atoms with Gasteiger partial charge >= 0.3 is 0 Å². The minimum atomic E-state index is 0.0353. The van der Waals surface area contributed by atoms with Crippen LogP contribution in [0.15, 0.2) is 42.6 Å². The fourth-order valence-corrected chi connectivity index (χ4v) is 2.96. The molecular formula is C19H23N3O2. The van der Waals surface area contributed by atoms with Gasteiger partial charge in [0.2, 0.25) is 0 Å². The van der Waals surface area contributed by atoms with Crippen molar-refractivity contribution in [3.8, 4) is 5.75 Å². The number of carbonyl (C=O) groups is 1. The number of carbonyl (C=O) groups excluding carboxylic acids is 1. The molecule has 2 aromatic rings. The molecule has 1 aromatic heterocycles. The molecule has 5 nitrogen and oxygen atoms in total. The number of methoxy groups -OCH3 is 1. The first-order valence-electron chi connectivity index (χ1n) is 8.39.